The molecule has 36 nitrogen and oxygen atoms in total. The van der Waals surface area contributed by atoms with E-state index in [0.29, 0.717) is 30.4 Å². The van der Waals surface area contributed by atoms with Gasteiger partial charge in [0.25, 0.3) is 40.5 Å². The lowest BCUT2D eigenvalue weighted by Gasteiger charge is -2.45. The van der Waals surface area contributed by atoms with Crippen molar-refractivity contribution in [1.29, 1.82) is 0 Å². The molecule has 12 fully saturated rings. The van der Waals surface area contributed by atoms with E-state index in [2.05, 4.69) is 47.6 Å². The quantitative estimate of drug-likeness (QED) is 0.0196. The molecule has 99 heavy (non-hydrogen) atoms. The monoisotopic (exact) mass is 1490 g/mol. The Morgan fingerprint density at radius 2 is 1.03 bits per heavy atom. The molecule has 20 atom stereocenters. The van der Waals surface area contributed by atoms with Gasteiger partial charge in [0.1, 0.15) is 145 Å². The second-order valence-corrected chi connectivity index (χ2v) is 33.0. The zero-order valence-electron chi connectivity index (χ0n) is 55.2. The van der Waals surface area contributed by atoms with E-state index in [1.54, 1.807) is 48.5 Å². The first-order chi connectivity index (χ1) is 46.2. The van der Waals surface area contributed by atoms with Crippen molar-refractivity contribution in [2.45, 2.75) is 190 Å². The molecule has 4 N–H and O–H groups in total. The summed E-state index contributed by atoms with van der Waals surface area (Å²) in [7, 11) is -14.6. The normalized spacial score (nSPS) is 38.0. The standard InChI is InChI=1S/C17H25NO8S.C15H21NO8S.C14H19NO8S.C13H17NO8S/c1-10(2)14(20)18-6-7-23-12(19)9-24-17(5)15(3)8-11-13(25-15)16(17,4)26-27(11,21)22;1-8(2)14(18)16-4-5-21-11(17)7-22-15(3)10-6-9-12(23-10)13(15)24-25(9,19)20;1-3-10(16)15-7-11(17)20-4-5-21-12-8-6-9-13(22-8)14(12,2)23-24(9,18)19;1-2-9(15)14-6-10(16)19-3-4-20-11-7-5-8-12(21-7)13(11)22-23(8,17)18/h11,13H,1,6-9H2,2-5H3,(H,18,20);9-10,12-13H,1,4-7H2,2-3H3,(H,16,18);3,8-9,12-13H,1,4-7H2,2H3,(H,15,16);2,7-8,11-13H,1,3-6H2,(H,14,15). The third-order valence-electron chi connectivity index (χ3n) is 19.3. The van der Waals surface area contributed by atoms with E-state index in [9.17, 15) is 72.0 Å². The molecule has 554 valence electrons. The van der Waals surface area contributed by atoms with Gasteiger partial charge in [-0.1, -0.05) is 26.3 Å². The largest absolute Gasteiger partial charge is 0.462 e. The molecule has 0 saturated carbocycles. The van der Waals surface area contributed by atoms with Gasteiger partial charge in [0.2, 0.25) is 23.6 Å². The molecule has 0 aromatic carbocycles. The van der Waals surface area contributed by atoms with E-state index < -0.39 is 180 Å². The lowest BCUT2D eigenvalue weighted by molar-refractivity contribution is -0.189. The molecule has 0 aliphatic carbocycles. The minimum absolute atomic E-state index is 0.00311. The fraction of sp³-hybridized carbons (Fsp3) is 0.729. The molecule has 12 aliphatic rings. The molecule has 0 aromatic rings. The Labute approximate surface area is 571 Å². The zero-order valence-corrected chi connectivity index (χ0v) is 58.4. The Bertz CT molecular complexity index is 3720. The smallest absolute Gasteiger partial charge is 0.332 e. The van der Waals surface area contributed by atoms with E-state index >= 15 is 0 Å². The van der Waals surface area contributed by atoms with Crippen molar-refractivity contribution in [2.24, 2.45) is 0 Å². The summed E-state index contributed by atoms with van der Waals surface area (Å²) in [6.45, 7) is 24.3. The third kappa shape index (κ3) is 15.4. The van der Waals surface area contributed by atoms with Crippen molar-refractivity contribution in [3.63, 3.8) is 0 Å². The van der Waals surface area contributed by atoms with Gasteiger partial charge in [0.05, 0.1) is 50.2 Å². The maximum Gasteiger partial charge on any atom is 0.332 e. The third-order valence-corrected chi connectivity index (χ3v) is 26.2. The van der Waals surface area contributed by atoms with E-state index in [1.807, 2.05) is 0 Å². The van der Waals surface area contributed by atoms with Gasteiger partial charge in [-0.05, 0) is 79.9 Å². The first-order valence-electron chi connectivity index (χ1n) is 31.4. The van der Waals surface area contributed by atoms with Crippen LogP contribution in [0.25, 0.3) is 0 Å². The van der Waals surface area contributed by atoms with Gasteiger partial charge in [0.15, 0.2) is 0 Å². The number of carbonyl (C=O) groups excluding carboxylic acids is 8. The molecule has 0 radical (unpaired) electrons. The van der Waals surface area contributed by atoms with Crippen LogP contribution in [0.3, 0.4) is 0 Å². The SMILES string of the molecule is C=C(C)C(=O)NCCOC(=O)COC1(C)C2(C)CC3C(O2)C1(C)OS3(=O)=O.C=C(C)C(=O)NCCOC(=O)COC1(C)C2CC3C(O2)C1OS3(=O)=O.C=CC(=O)NCC(=O)OCCOC1C2CC3C(O2)C1(C)OS3(=O)=O.C=CC(=O)NCC(=O)OCCOC1C2CC3C(O2)C1OS3(=O)=O. The molecule has 4 amide bonds. The highest BCUT2D eigenvalue weighted by Crippen LogP contribution is 2.64. The second-order valence-electron chi connectivity index (χ2n) is 25.9. The number of esters is 4. The number of fused-ring (bicyclic) bond motifs is 4. The highest BCUT2D eigenvalue weighted by atomic mass is 32.2. The summed E-state index contributed by atoms with van der Waals surface area (Å²) in [5.74, 6) is -4.02. The van der Waals surface area contributed by atoms with Crippen molar-refractivity contribution >= 4 is 88.0 Å². The first-order valence-corrected chi connectivity index (χ1v) is 37.3. The maximum atomic E-state index is 12.2. The maximum absolute atomic E-state index is 12.2. The topological polar surface area (TPSA) is 469 Å². The van der Waals surface area contributed by atoms with Gasteiger partial charge in [-0.2, -0.15) is 33.7 Å². The Hall–Kier alpha value is -5.96. The lowest BCUT2D eigenvalue weighted by atomic mass is 9.67. The van der Waals surface area contributed by atoms with Gasteiger partial charge in [-0.3, -0.25) is 45.5 Å². The lowest BCUT2D eigenvalue weighted by Crippen LogP contribution is -2.64. The number of hydrogen-bond donors (Lipinski definition) is 4. The van der Waals surface area contributed by atoms with Gasteiger partial charge < -0.3 is 78.1 Å². The minimum atomic E-state index is -3.74. The summed E-state index contributed by atoms with van der Waals surface area (Å²) >= 11 is 0. The highest BCUT2D eigenvalue weighted by Gasteiger charge is 2.83. The van der Waals surface area contributed by atoms with E-state index in [1.165, 1.54) is 0 Å². The Morgan fingerprint density at radius 3 is 1.60 bits per heavy atom. The molecule has 8 bridgehead atoms. The molecule has 12 rings (SSSR count). The van der Waals surface area contributed by atoms with Crippen molar-refractivity contribution in [1.82, 2.24) is 21.3 Å². The zero-order chi connectivity index (χ0) is 72.8. The molecule has 12 saturated heterocycles. The summed E-state index contributed by atoms with van der Waals surface area (Å²) in [6, 6.07) is 0. The summed E-state index contributed by atoms with van der Waals surface area (Å²) in [6.07, 6.45) is -2.28. The number of rotatable bonds is 28. The van der Waals surface area contributed by atoms with Crippen LogP contribution < -0.4 is 21.3 Å². The van der Waals surface area contributed by atoms with Crippen LogP contribution in [0.15, 0.2) is 49.6 Å². The van der Waals surface area contributed by atoms with Gasteiger partial charge >= 0.3 is 23.9 Å². The average molecular weight is 1490 g/mol. The van der Waals surface area contributed by atoms with Crippen molar-refractivity contribution in [3.05, 3.63) is 49.6 Å². The van der Waals surface area contributed by atoms with E-state index in [0.717, 1.165) is 12.2 Å². The van der Waals surface area contributed by atoms with Gasteiger partial charge in [-0.15, -0.1) is 0 Å². The van der Waals surface area contributed by atoms with Crippen molar-refractivity contribution < 1.29 is 146 Å². The molecule has 20 unspecified atom stereocenters. The predicted octanol–water partition coefficient (Wildman–Crippen LogP) is -3.33. The summed E-state index contributed by atoms with van der Waals surface area (Å²) < 4.78 is 182. The van der Waals surface area contributed by atoms with Crippen molar-refractivity contribution in [2.75, 3.05) is 79.0 Å². The minimum Gasteiger partial charge on any atom is -0.462 e. The molecule has 0 aromatic heterocycles. The van der Waals surface area contributed by atoms with E-state index in [4.69, 9.17) is 73.6 Å². The van der Waals surface area contributed by atoms with Crippen LogP contribution in [-0.4, -0.2) is 276 Å². The van der Waals surface area contributed by atoms with Gasteiger partial charge in [0, 0.05) is 17.6 Å². The fourth-order valence-electron chi connectivity index (χ4n) is 14.1. The predicted molar refractivity (Wildman–Crippen MR) is 331 cm³/mol. The second kappa shape index (κ2) is 29.4. The fourth-order valence-corrected chi connectivity index (χ4v) is 21.3. The average Bonchev–Trinajstić information content (AvgIpc) is 1.49. The molecule has 12 aliphatic heterocycles. The number of ether oxygens (including phenoxy) is 12. The summed E-state index contributed by atoms with van der Waals surface area (Å²) in [5.41, 5.74) is -4.57. The van der Waals surface area contributed by atoms with Crippen LogP contribution in [0.1, 0.15) is 74.1 Å². The Balaban J connectivity index is 0.000000154. The van der Waals surface area contributed by atoms with Gasteiger partial charge in [-0.25, -0.2) is 9.59 Å². The van der Waals surface area contributed by atoms with Crippen LogP contribution in [-0.2, 0) is 152 Å². The van der Waals surface area contributed by atoms with E-state index in [-0.39, 0.29) is 109 Å². The summed E-state index contributed by atoms with van der Waals surface area (Å²) in [4.78, 5) is 90.9. The first kappa shape index (κ1) is 77.2. The molecule has 12 heterocycles. The Morgan fingerprint density at radius 1 is 0.515 bits per heavy atom. The van der Waals surface area contributed by atoms with Crippen LogP contribution in [0.4, 0.5) is 0 Å². The Kier molecular flexibility index (Phi) is 22.9. The van der Waals surface area contributed by atoms with Crippen LogP contribution in [0.2, 0.25) is 0 Å². The number of hydrogen-bond acceptors (Lipinski definition) is 32. The highest BCUT2D eigenvalue weighted by molar-refractivity contribution is 7.88. The number of amides is 4. The molecule has 40 heteroatoms. The van der Waals surface area contributed by atoms with Crippen LogP contribution >= 0.6 is 0 Å². The number of carbonyl (C=O) groups is 8. The molecular weight excluding hydrogens is 1400 g/mol. The molecular formula is C59H82N4O32S4. The van der Waals surface area contributed by atoms with Crippen LogP contribution in [0.5, 0.6) is 0 Å². The number of nitrogens with one attached hydrogen (secondary N) is 4. The van der Waals surface area contributed by atoms with Crippen molar-refractivity contribution in [3.8, 4) is 0 Å². The summed E-state index contributed by atoms with van der Waals surface area (Å²) in [5, 5.41) is 7.07. The van der Waals surface area contributed by atoms with Crippen LogP contribution in [0, 0.1) is 0 Å². The molecule has 0 spiro atoms.